The van der Waals surface area contributed by atoms with Crippen molar-refractivity contribution in [2.24, 2.45) is 0 Å². The SMILES string of the molecule is Cc1cccc(-c2nc(N)nc(Nc3ccccc3SSc3ccccc3Nc3nc(N)nc(-c4cccc(Cl)c4)n3)n2)c1. The van der Waals surface area contributed by atoms with Crippen LogP contribution in [0.3, 0.4) is 0 Å². The van der Waals surface area contributed by atoms with Crippen molar-refractivity contribution in [1.29, 1.82) is 0 Å². The predicted octanol–water partition coefficient (Wildman–Crippen LogP) is 7.80. The second-order valence-corrected chi connectivity index (χ2v) is 12.1. The van der Waals surface area contributed by atoms with Gasteiger partial charge in [-0.3, -0.25) is 0 Å². The minimum absolute atomic E-state index is 0.0986. The molecule has 0 amide bonds. The molecule has 2 heterocycles. The maximum absolute atomic E-state index is 6.17. The van der Waals surface area contributed by atoms with E-state index < -0.39 is 0 Å². The quantitative estimate of drug-likeness (QED) is 0.114. The molecular formula is C31H25ClN10S2. The third-order valence-electron chi connectivity index (χ3n) is 6.15. The number of halogens is 1. The van der Waals surface area contributed by atoms with Crippen LogP contribution in [-0.4, -0.2) is 29.9 Å². The fourth-order valence-corrected chi connectivity index (χ4v) is 6.65. The molecule has 4 aromatic carbocycles. The Balaban J connectivity index is 1.21. The molecule has 0 saturated heterocycles. The Morgan fingerprint density at radius 1 is 0.568 bits per heavy atom. The first-order valence-corrected chi connectivity index (χ1v) is 15.8. The Hall–Kier alpha value is -4.91. The summed E-state index contributed by atoms with van der Waals surface area (Å²) < 4.78 is 0. The Bertz CT molecular complexity index is 1820. The zero-order valence-corrected chi connectivity index (χ0v) is 25.7. The molecule has 44 heavy (non-hydrogen) atoms. The van der Waals surface area contributed by atoms with Gasteiger partial charge in [0.1, 0.15) is 0 Å². The van der Waals surface area contributed by atoms with Gasteiger partial charge in [-0.15, -0.1) is 0 Å². The largest absolute Gasteiger partial charge is 0.368 e. The molecular weight excluding hydrogens is 612 g/mol. The van der Waals surface area contributed by atoms with Crippen LogP contribution in [0.5, 0.6) is 0 Å². The van der Waals surface area contributed by atoms with Crippen LogP contribution in [0.25, 0.3) is 22.8 Å². The fourth-order valence-electron chi connectivity index (χ4n) is 4.18. The van der Waals surface area contributed by atoms with Crippen molar-refractivity contribution in [3.05, 3.63) is 108 Å². The third-order valence-corrected chi connectivity index (χ3v) is 8.87. The van der Waals surface area contributed by atoms with Gasteiger partial charge in [0.2, 0.25) is 23.8 Å². The molecule has 0 aliphatic carbocycles. The van der Waals surface area contributed by atoms with Gasteiger partial charge in [0.05, 0.1) is 11.4 Å². The number of rotatable bonds is 9. The van der Waals surface area contributed by atoms with Gasteiger partial charge in [-0.2, -0.15) is 29.9 Å². The highest BCUT2D eigenvalue weighted by Crippen LogP contribution is 2.44. The molecule has 0 bridgehead atoms. The topological polar surface area (TPSA) is 153 Å². The zero-order valence-electron chi connectivity index (χ0n) is 23.3. The fraction of sp³-hybridized carbons (Fsp3) is 0.0323. The number of hydrogen-bond donors (Lipinski definition) is 4. The van der Waals surface area contributed by atoms with Gasteiger partial charge in [-0.05, 0) is 49.4 Å². The maximum atomic E-state index is 6.17. The Morgan fingerprint density at radius 2 is 1.07 bits per heavy atom. The first-order valence-electron chi connectivity index (χ1n) is 13.3. The molecule has 6 rings (SSSR count). The van der Waals surface area contributed by atoms with Crippen LogP contribution in [0.4, 0.5) is 35.2 Å². The van der Waals surface area contributed by atoms with E-state index in [4.69, 9.17) is 23.1 Å². The number of nitrogen functional groups attached to an aromatic ring is 2. The number of nitrogens with zero attached hydrogens (tertiary/aromatic N) is 6. The van der Waals surface area contributed by atoms with E-state index in [9.17, 15) is 0 Å². The molecule has 0 saturated carbocycles. The standard InChI is InChI=1S/C31H25ClN10S2/c1-18-8-6-9-19(16-18)26-37-28(33)41-30(39-26)35-22-12-2-4-14-24(22)43-44-25-15-5-3-13-23(25)36-31-40-27(38-29(34)42-31)20-10-7-11-21(32)17-20/h2-17H,1H3,(H3,33,35,37,39,41)(H3,34,36,38,40,42). The van der Waals surface area contributed by atoms with Crippen molar-refractivity contribution in [3.63, 3.8) is 0 Å². The molecule has 0 aliphatic heterocycles. The first-order chi connectivity index (χ1) is 21.4. The molecule has 0 unspecified atom stereocenters. The summed E-state index contributed by atoms with van der Waals surface area (Å²) in [6, 6.07) is 31.0. The second kappa shape index (κ2) is 13.2. The molecule has 0 atom stereocenters. The van der Waals surface area contributed by atoms with Gasteiger partial charge in [0.15, 0.2) is 11.6 Å². The summed E-state index contributed by atoms with van der Waals surface area (Å²) in [4.78, 5) is 28.4. The van der Waals surface area contributed by atoms with Crippen LogP contribution < -0.4 is 22.1 Å². The number of nitrogens with two attached hydrogens (primary N) is 2. The van der Waals surface area contributed by atoms with Crippen LogP contribution in [0, 0.1) is 6.92 Å². The maximum Gasteiger partial charge on any atom is 0.232 e. The van der Waals surface area contributed by atoms with E-state index in [0.29, 0.717) is 28.6 Å². The average Bonchev–Trinajstić information content (AvgIpc) is 3.01. The molecule has 2 aromatic heterocycles. The van der Waals surface area contributed by atoms with Gasteiger partial charge >= 0.3 is 0 Å². The summed E-state index contributed by atoms with van der Waals surface area (Å²) in [6.07, 6.45) is 0. The summed E-state index contributed by atoms with van der Waals surface area (Å²) in [7, 11) is 3.15. The highest BCUT2D eigenvalue weighted by Gasteiger charge is 2.13. The van der Waals surface area contributed by atoms with E-state index in [1.165, 1.54) is 0 Å². The van der Waals surface area contributed by atoms with Crippen molar-refractivity contribution in [2.75, 3.05) is 22.1 Å². The summed E-state index contributed by atoms with van der Waals surface area (Å²) in [5.41, 5.74) is 16.4. The number of aryl methyl sites for hydroxylation is 1. The van der Waals surface area contributed by atoms with Crippen LogP contribution in [-0.2, 0) is 0 Å². The number of benzene rings is 4. The minimum Gasteiger partial charge on any atom is -0.368 e. The zero-order chi connectivity index (χ0) is 30.5. The summed E-state index contributed by atoms with van der Waals surface area (Å²) in [5, 5.41) is 7.19. The van der Waals surface area contributed by atoms with Gasteiger partial charge in [0.25, 0.3) is 0 Å². The van der Waals surface area contributed by atoms with Crippen LogP contribution in [0.1, 0.15) is 5.56 Å². The summed E-state index contributed by atoms with van der Waals surface area (Å²) in [6.45, 7) is 2.02. The van der Waals surface area contributed by atoms with E-state index >= 15 is 0 Å². The molecule has 0 spiro atoms. The van der Waals surface area contributed by atoms with Gasteiger partial charge in [-0.1, -0.05) is 93.3 Å². The molecule has 6 aromatic rings. The molecule has 13 heteroatoms. The highest BCUT2D eigenvalue weighted by atomic mass is 35.5. The first kappa shape index (κ1) is 29.2. The van der Waals surface area contributed by atoms with E-state index in [1.54, 1.807) is 33.7 Å². The van der Waals surface area contributed by atoms with Gasteiger partial charge in [-0.25, -0.2) is 0 Å². The predicted molar refractivity (Wildman–Crippen MR) is 180 cm³/mol. The van der Waals surface area contributed by atoms with Crippen LogP contribution in [0.2, 0.25) is 5.02 Å². The molecule has 10 nitrogen and oxygen atoms in total. The highest BCUT2D eigenvalue weighted by molar-refractivity contribution is 8.76. The summed E-state index contributed by atoms with van der Waals surface area (Å²) in [5.74, 6) is 1.84. The van der Waals surface area contributed by atoms with Crippen molar-refractivity contribution >= 4 is 68.4 Å². The van der Waals surface area contributed by atoms with E-state index in [0.717, 1.165) is 37.9 Å². The molecule has 0 radical (unpaired) electrons. The monoisotopic (exact) mass is 636 g/mol. The average molecular weight is 637 g/mol. The van der Waals surface area contributed by atoms with Crippen molar-refractivity contribution < 1.29 is 0 Å². The number of aromatic nitrogens is 6. The van der Waals surface area contributed by atoms with E-state index in [1.807, 2.05) is 91.9 Å². The van der Waals surface area contributed by atoms with Crippen molar-refractivity contribution in [1.82, 2.24) is 29.9 Å². The number of hydrogen-bond acceptors (Lipinski definition) is 12. The van der Waals surface area contributed by atoms with Crippen LogP contribution in [0.15, 0.2) is 107 Å². The molecule has 0 aliphatic rings. The Kier molecular flexibility index (Phi) is 8.73. The summed E-state index contributed by atoms with van der Waals surface area (Å²) >= 11 is 6.17. The van der Waals surface area contributed by atoms with Gasteiger partial charge < -0.3 is 22.1 Å². The molecule has 218 valence electrons. The number of nitrogens with one attached hydrogen (secondary N) is 2. The van der Waals surface area contributed by atoms with Crippen molar-refractivity contribution in [3.8, 4) is 22.8 Å². The van der Waals surface area contributed by atoms with E-state index in [2.05, 4.69) is 40.5 Å². The Labute approximate surface area is 266 Å². The second-order valence-electron chi connectivity index (χ2n) is 9.47. The normalized spacial score (nSPS) is 10.9. The third kappa shape index (κ3) is 7.17. The lowest BCUT2D eigenvalue weighted by Crippen LogP contribution is -2.05. The minimum atomic E-state index is 0.0986. The van der Waals surface area contributed by atoms with Crippen LogP contribution >= 0.6 is 33.2 Å². The lowest BCUT2D eigenvalue weighted by Gasteiger charge is -2.13. The van der Waals surface area contributed by atoms with Gasteiger partial charge in [0, 0.05) is 25.9 Å². The number of anilines is 6. The van der Waals surface area contributed by atoms with E-state index in [-0.39, 0.29) is 11.9 Å². The number of para-hydroxylation sites is 2. The van der Waals surface area contributed by atoms with Crippen molar-refractivity contribution in [2.45, 2.75) is 16.7 Å². The lowest BCUT2D eigenvalue weighted by molar-refractivity contribution is 1.07. The molecule has 0 fully saturated rings. The lowest BCUT2D eigenvalue weighted by atomic mass is 10.1. The Morgan fingerprint density at radius 3 is 1.59 bits per heavy atom. The smallest absolute Gasteiger partial charge is 0.232 e. The molecule has 6 N–H and O–H groups in total.